The number of hydrogen-bond donors (Lipinski definition) is 3. The fraction of sp³-hybridized carbons (Fsp3) is 0.320. The van der Waals surface area contributed by atoms with E-state index in [0.717, 1.165) is 65.3 Å². The molecule has 0 unspecified atom stereocenters. The Kier molecular flexibility index (Phi) is 5.18. The standard InChI is InChI=1S/C25H26N8O/c1-33-31-25(30-32-33)24-26-14-20-22(29-24)13-21(27-16-7-9-18(34)10-8-16)19-12-17(28-23(19)20)11-15-5-3-2-4-6-15/h2-6,12-14,16,18,27-28,34H,7-11H2,1H3. The van der Waals surface area contributed by atoms with Crippen LogP contribution in [0.1, 0.15) is 36.9 Å². The number of tetrazole rings is 1. The number of H-pyrrole nitrogens is 1. The summed E-state index contributed by atoms with van der Waals surface area (Å²) in [6, 6.07) is 15.1. The smallest absolute Gasteiger partial charge is 0.242 e. The summed E-state index contributed by atoms with van der Waals surface area (Å²) in [4.78, 5) is 14.3. The number of aromatic nitrogens is 7. The number of aromatic amines is 1. The van der Waals surface area contributed by atoms with E-state index in [4.69, 9.17) is 4.98 Å². The minimum Gasteiger partial charge on any atom is -0.393 e. The Bertz CT molecular complexity index is 1450. The third-order valence-corrected chi connectivity index (χ3v) is 6.53. The van der Waals surface area contributed by atoms with Gasteiger partial charge in [-0.3, -0.25) is 0 Å². The van der Waals surface area contributed by atoms with E-state index < -0.39 is 0 Å². The van der Waals surface area contributed by atoms with Gasteiger partial charge in [-0.05, 0) is 48.6 Å². The zero-order chi connectivity index (χ0) is 23.1. The monoisotopic (exact) mass is 454 g/mol. The molecule has 3 heterocycles. The van der Waals surface area contributed by atoms with Crippen molar-refractivity contribution in [3.05, 3.63) is 59.9 Å². The van der Waals surface area contributed by atoms with Crippen LogP contribution < -0.4 is 5.32 Å². The van der Waals surface area contributed by atoms with Crippen LogP contribution in [0.5, 0.6) is 0 Å². The zero-order valence-corrected chi connectivity index (χ0v) is 18.9. The lowest BCUT2D eigenvalue weighted by Gasteiger charge is -2.27. The summed E-state index contributed by atoms with van der Waals surface area (Å²) in [5.41, 5.74) is 5.25. The Labute approximate surface area is 196 Å². The number of benzene rings is 2. The Balaban J connectivity index is 1.45. The molecule has 1 fully saturated rings. The SMILES string of the molecule is Cn1nnc(-c2ncc3c(cc(NC4CCC(O)CC4)c4cc(Cc5ccccc5)[nH]c43)n2)n1. The van der Waals surface area contributed by atoms with Gasteiger partial charge >= 0.3 is 0 Å². The van der Waals surface area contributed by atoms with Gasteiger partial charge in [0.25, 0.3) is 0 Å². The van der Waals surface area contributed by atoms with Crippen molar-refractivity contribution in [1.29, 1.82) is 0 Å². The molecule has 9 heteroatoms. The maximum absolute atomic E-state index is 9.92. The molecule has 9 nitrogen and oxygen atoms in total. The summed E-state index contributed by atoms with van der Waals surface area (Å²) in [5.74, 6) is 0.847. The molecule has 3 N–H and O–H groups in total. The highest BCUT2D eigenvalue weighted by molar-refractivity contribution is 6.10. The van der Waals surface area contributed by atoms with Gasteiger partial charge in [-0.1, -0.05) is 30.3 Å². The molecule has 1 saturated carbocycles. The van der Waals surface area contributed by atoms with Crippen LogP contribution in [0, 0.1) is 0 Å². The number of nitrogens with one attached hydrogen (secondary N) is 2. The van der Waals surface area contributed by atoms with Crippen LogP contribution in [0.15, 0.2) is 48.7 Å². The third-order valence-electron chi connectivity index (χ3n) is 6.53. The van der Waals surface area contributed by atoms with E-state index in [0.29, 0.717) is 17.7 Å². The second-order valence-electron chi connectivity index (χ2n) is 9.05. The normalized spacial score (nSPS) is 18.5. The molecule has 2 aromatic carbocycles. The van der Waals surface area contributed by atoms with Gasteiger partial charge in [0.2, 0.25) is 11.6 Å². The molecule has 0 radical (unpaired) electrons. The van der Waals surface area contributed by atoms with Gasteiger partial charge in [0, 0.05) is 40.8 Å². The number of rotatable bonds is 5. The van der Waals surface area contributed by atoms with Crippen molar-refractivity contribution in [3.8, 4) is 11.6 Å². The average Bonchev–Trinajstić information content (AvgIpc) is 3.47. The second kappa shape index (κ2) is 8.49. The molecule has 1 aliphatic rings. The van der Waals surface area contributed by atoms with Crippen LogP contribution >= 0.6 is 0 Å². The van der Waals surface area contributed by atoms with Crippen LogP contribution in [0.2, 0.25) is 0 Å². The molecule has 0 amide bonds. The summed E-state index contributed by atoms with van der Waals surface area (Å²) in [6.45, 7) is 0. The van der Waals surface area contributed by atoms with Crippen molar-refractivity contribution >= 4 is 27.5 Å². The maximum atomic E-state index is 9.92. The molecule has 3 aromatic heterocycles. The van der Waals surface area contributed by atoms with E-state index in [1.54, 1.807) is 7.05 Å². The van der Waals surface area contributed by atoms with Crippen molar-refractivity contribution in [3.63, 3.8) is 0 Å². The van der Waals surface area contributed by atoms with E-state index in [9.17, 15) is 5.11 Å². The molecule has 5 aromatic rings. The predicted octanol–water partition coefficient (Wildman–Crippen LogP) is 3.61. The van der Waals surface area contributed by atoms with Crippen LogP contribution in [0.4, 0.5) is 5.69 Å². The quantitative estimate of drug-likeness (QED) is 0.371. The van der Waals surface area contributed by atoms with Crippen molar-refractivity contribution in [2.75, 3.05) is 5.32 Å². The minimum atomic E-state index is -0.186. The predicted molar refractivity (Wildman–Crippen MR) is 130 cm³/mol. The molecule has 0 bridgehead atoms. The van der Waals surface area contributed by atoms with Crippen LogP contribution in [-0.4, -0.2) is 52.4 Å². The molecular weight excluding hydrogens is 428 g/mol. The number of nitrogens with zero attached hydrogens (tertiary/aromatic N) is 6. The highest BCUT2D eigenvalue weighted by atomic mass is 16.3. The van der Waals surface area contributed by atoms with Crippen molar-refractivity contribution in [2.24, 2.45) is 7.05 Å². The Morgan fingerprint density at radius 2 is 1.88 bits per heavy atom. The summed E-state index contributed by atoms with van der Waals surface area (Å²) >= 11 is 0. The van der Waals surface area contributed by atoms with Gasteiger partial charge in [0.15, 0.2) is 0 Å². The molecule has 6 rings (SSSR count). The maximum Gasteiger partial charge on any atom is 0.242 e. The Morgan fingerprint density at radius 1 is 1.06 bits per heavy atom. The van der Waals surface area contributed by atoms with Gasteiger partial charge in [0.1, 0.15) is 0 Å². The van der Waals surface area contributed by atoms with E-state index in [1.165, 1.54) is 10.4 Å². The lowest BCUT2D eigenvalue weighted by atomic mass is 9.93. The second-order valence-corrected chi connectivity index (χ2v) is 9.05. The first-order chi connectivity index (χ1) is 16.6. The fourth-order valence-electron chi connectivity index (χ4n) is 4.80. The molecule has 1 aliphatic carbocycles. The Hall–Kier alpha value is -3.85. The highest BCUT2D eigenvalue weighted by Gasteiger charge is 2.21. The topological polar surface area (TPSA) is 117 Å². The lowest BCUT2D eigenvalue weighted by molar-refractivity contribution is 0.126. The van der Waals surface area contributed by atoms with Gasteiger partial charge in [-0.15, -0.1) is 10.2 Å². The molecule has 172 valence electrons. The lowest BCUT2D eigenvalue weighted by Crippen LogP contribution is -2.28. The minimum absolute atomic E-state index is 0.186. The largest absolute Gasteiger partial charge is 0.393 e. The summed E-state index contributed by atoms with van der Waals surface area (Å²) < 4.78 is 0. The van der Waals surface area contributed by atoms with Crippen LogP contribution in [0.25, 0.3) is 33.5 Å². The first-order valence-corrected chi connectivity index (χ1v) is 11.7. The van der Waals surface area contributed by atoms with Gasteiger partial charge < -0.3 is 15.4 Å². The van der Waals surface area contributed by atoms with E-state index in [1.807, 2.05) is 12.3 Å². The van der Waals surface area contributed by atoms with Gasteiger partial charge in [-0.2, -0.15) is 4.80 Å². The number of aryl methyl sites for hydroxylation is 1. The number of fused-ring (bicyclic) bond motifs is 3. The summed E-state index contributed by atoms with van der Waals surface area (Å²) in [5, 5.41) is 27.9. The number of hydrogen-bond acceptors (Lipinski definition) is 7. The Morgan fingerprint density at radius 3 is 2.65 bits per heavy atom. The molecule has 34 heavy (non-hydrogen) atoms. The zero-order valence-electron chi connectivity index (χ0n) is 18.9. The molecule has 0 atom stereocenters. The highest BCUT2D eigenvalue weighted by Crippen LogP contribution is 2.34. The summed E-state index contributed by atoms with van der Waals surface area (Å²) in [6.07, 6.45) is 6.00. The first-order valence-electron chi connectivity index (χ1n) is 11.7. The number of aliphatic hydroxyl groups excluding tert-OH is 1. The van der Waals surface area contributed by atoms with Crippen molar-refractivity contribution in [1.82, 2.24) is 35.2 Å². The summed E-state index contributed by atoms with van der Waals surface area (Å²) in [7, 11) is 1.72. The van der Waals surface area contributed by atoms with Gasteiger partial charge in [0.05, 0.1) is 24.2 Å². The van der Waals surface area contributed by atoms with Gasteiger partial charge in [-0.25, -0.2) is 9.97 Å². The molecule has 0 saturated heterocycles. The van der Waals surface area contributed by atoms with Crippen LogP contribution in [-0.2, 0) is 13.5 Å². The van der Waals surface area contributed by atoms with Crippen molar-refractivity contribution in [2.45, 2.75) is 44.2 Å². The third kappa shape index (κ3) is 3.99. The number of anilines is 1. The molecular formula is C25H26N8O. The van der Waals surface area contributed by atoms with Crippen molar-refractivity contribution < 1.29 is 5.11 Å². The van der Waals surface area contributed by atoms with Crippen LogP contribution in [0.3, 0.4) is 0 Å². The number of aliphatic hydroxyl groups is 1. The molecule has 0 aliphatic heterocycles. The molecule has 0 spiro atoms. The van der Waals surface area contributed by atoms with E-state index in [-0.39, 0.29) is 6.10 Å². The fourth-order valence-corrected chi connectivity index (χ4v) is 4.80. The first kappa shape index (κ1) is 20.7. The average molecular weight is 455 g/mol. The van der Waals surface area contributed by atoms with E-state index in [2.05, 4.69) is 67.1 Å². The van der Waals surface area contributed by atoms with E-state index >= 15 is 0 Å².